The lowest BCUT2D eigenvalue weighted by molar-refractivity contribution is 0.150. The van der Waals surface area contributed by atoms with Crippen molar-refractivity contribution in [3.63, 3.8) is 0 Å². The van der Waals surface area contributed by atoms with Crippen molar-refractivity contribution in [3.05, 3.63) is 0 Å². The predicted molar refractivity (Wildman–Crippen MR) is 106 cm³/mol. The molecule has 0 bridgehead atoms. The van der Waals surface area contributed by atoms with E-state index in [1.165, 1.54) is 0 Å². The van der Waals surface area contributed by atoms with Gasteiger partial charge in [0.2, 0.25) is 0 Å². The van der Waals surface area contributed by atoms with Crippen LogP contribution in [0, 0.1) is 17.8 Å². The first-order chi connectivity index (χ1) is 12.2. The number of hydrogen-bond acceptors (Lipinski definition) is 6. The summed E-state index contributed by atoms with van der Waals surface area (Å²) in [6.45, 7) is 14.9. The van der Waals surface area contributed by atoms with Gasteiger partial charge in [-0.05, 0) is 58.3 Å². The molecule has 1 saturated carbocycles. The van der Waals surface area contributed by atoms with Crippen LogP contribution in [-0.2, 0) is 27.2 Å². The van der Waals surface area contributed by atoms with Crippen molar-refractivity contribution in [1.82, 2.24) is 0 Å². The van der Waals surface area contributed by atoms with Gasteiger partial charge in [-0.2, -0.15) is 0 Å². The molecule has 0 saturated heterocycles. The molecule has 2 atom stereocenters. The second-order valence-corrected chi connectivity index (χ2v) is 11.7. The molecule has 0 aromatic rings. The summed E-state index contributed by atoms with van der Waals surface area (Å²) in [6.07, 6.45) is 1.48. The summed E-state index contributed by atoms with van der Waals surface area (Å²) in [7, 11) is -6.61. The highest BCUT2D eigenvalue weighted by Gasteiger charge is 2.53. The molecule has 0 N–H and O–H groups in total. The van der Waals surface area contributed by atoms with Crippen LogP contribution in [0.15, 0.2) is 0 Å². The molecule has 0 amide bonds. The Hall–Kier alpha value is 0.300. The first kappa shape index (κ1) is 24.3. The highest BCUT2D eigenvalue weighted by molar-refractivity contribution is 7.56. The third kappa shape index (κ3) is 5.65. The van der Waals surface area contributed by atoms with Gasteiger partial charge in [0, 0.05) is 0 Å². The van der Waals surface area contributed by atoms with Gasteiger partial charge in [-0.3, -0.25) is 9.13 Å². The minimum Gasteiger partial charge on any atom is -0.309 e. The van der Waals surface area contributed by atoms with Crippen molar-refractivity contribution >= 4 is 15.2 Å². The lowest BCUT2D eigenvalue weighted by Crippen LogP contribution is -2.41. The number of hydrogen-bond donors (Lipinski definition) is 0. The van der Waals surface area contributed by atoms with Crippen molar-refractivity contribution in [2.24, 2.45) is 17.8 Å². The average Bonchev–Trinajstić information content (AvgIpc) is 2.55. The maximum absolute atomic E-state index is 13.5. The molecule has 156 valence electrons. The van der Waals surface area contributed by atoms with Gasteiger partial charge in [-0.15, -0.1) is 0 Å². The van der Waals surface area contributed by atoms with Gasteiger partial charge in [0.25, 0.3) is 0 Å². The Morgan fingerprint density at radius 3 is 1.31 bits per heavy atom. The molecule has 0 heterocycles. The molecule has 1 aliphatic rings. The fourth-order valence-corrected chi connectivity index (χ4v) is 9.07. The molecule has 1 fully saturated rings. The van der Waals surface area contributed by atoms with Crippen LogP contribution < -0.4 is 0 Å². The second kappa shape index (κ2) is 10.7. The standard InChI is InChI=1S/C18H38O6P2/c1-8-21-25(19,22-9-2)17-12-16(14(5)6)13-18(15(17)7)26(20,23-10-3)24-11-4/h14-18H,8-13H2,1-7H3. The minimum absolute atomic E-state index is 0.141. The molecule has 1 aliphatic carbocycles. The zero-order valence-corrected chi connectivity index (χ0v) is 19.3. The third-order valence-electron chi connectivity index (χ3n) is 5.29. The predicted octanol–water partition coefficient (Wildman–Crippen LogP) is 5.96. The van der Waals surface area contributed by atoms with E-state index in [1.54, 1.807) is 0 Å². The Labute approximate surface area is 159 Å². The molecule has 0 radical (unpaired) electrons. The van der Waals surface area contributed by atoms with E-state index in [9.17, 15) is 9.13 Å². The smallest absolute Gasteiger partial charge is 0.309 e. The maximum Gasteiger partial charge on any atom is 0.334 e. The summed E-state index contributed by atoms with van der Waals surface area (Å²) in [5, 5.41) is 0. The van der Waals surface area contributed by atoms with Crippen LogP contribution in [-0.4, -0.2) is 37.7 Å². The Balaban J connectivity index is 3.31. The van der Waals surface area contributed by atoms with Gasteiger partial charge in [-0.25, -0.2) is 0 Å². The van der Waals surface area contributed by atoms with E-state index in [1.807, 2.05) is 34.6 Å². The van der Waals surface area contributed by atoms with Gasteiger partial charge in [0.05, 0.1) is 37.7 Å². The van der Waals surface area contributed by atoms with E-state index in [-0.39, 0.29) is 23.2 Å². The van der Waals surface area contributed by atoms with Crippen LogP contribution in [0.3, 0.4) is 0 Å². The van der Waals surface area contributed by atoms with Crippen LogP contribution in [0.5, 0.6) is 0 Å². The summed E-state index contributed by atoms with van der Waals surface area (Å²) >= 11 is 0. The van der Waals surface area contributed by atoms with Crippen LogP contribution in [0.4, 0.5) is 0 Å². The molecule has 8 heteroatoms. The summed E-state index contributed by atoms with van der Waals surface area (Å²) in [5.74, 6) is 0.503. The van der Waals surface area contributed by atoms with Gasteiger partial charge in [-0.1, -0.05) is 20.8 Å². The molecule has 0 aromatic heterocycles. The van der Waals surface area contributed by atoms with Crippen molar-refractivity contribution < 1.29 is 27.2 Å². The first-order valence-electron chi connectivity index (χ1n) is 9.96. The molecule has 26 heavy (non-hydrogen) atoms. The van der Waals surface area contributed by atoms with Crippen LogP contribution in [0.25, 0.3) is 0 Å². The fourth-order valence-electron chi connectivity index (χ4n) is 3.96. The van der Waals surface area contributed by atoms with E-state index in [0.717, 1.165) is 12.8 Å². The summed E-state index contributed by atoms with van der Waals surface area (Å²) in [4.78, 5) is 0. The molecule has 0 aliphatic heterocycles. The Morgan fingerprint density at radius 2 is 1.08 bits per heavy atom. The first-order valence-corrected chi connectivity index (χ1v) is 13.2. The highest BCUT2D eigenvalue weighted by Crippen LogP contribution is 2.67. The Kier molecular flexibility index (Phi) is 10.1. The average molecular weight is 412 g/mol. The van der Waals surface area contributed by atoms with E-state index in [2.05, 4.69) is 13.8 Å². The topological polar surface area (TPSA) is 71.1 Å². The monoisotopic (exact) mass is 412 g/mol. The molecule has 2 unspecified atom stereocenters. The van der Waals surface area contributed by atoms with Crippen molar-refractivity contribution in [1.29, 1.82) is 0 Å². The van der Waals surface area contributed by atoms with Gasteiger partial charge >= 0.3 is 15.2 Å². The van der Waals surface area contributed by atoms with E-state index in [4.69, 9.17) is 18.1 Å². The third-order valence-corrected chi connectivity index (χ3v) is 10.8. The van der Waals surface area contributed by atoms with E-state index < -0.39 is 15.2 Å². The normalized spacial score (nSPS) is 27.8. The quantitative estimate of drug-likeness (QED) is 0.390. The van der Waals surface area contributed by atoms with Gasteiger partial charge in [0.1, 0.15) is 0 Å². The summed E-state index contributed by atoms with van der Waals surface area (Å²) in [6, 6.07) is 0. The molecular formula is C18H38O6P2. The second-order valence-electron chi connectivity index (χ2n) is 7.22. The molecular weight excluding hydrogens is 374 g/mol. The largest absolute Gasteiger partial charge is 0.334 e. The lowest BCUT2D eigenvalue weighted by atomic mass is 9.77. The van der Waals surface area contributed by atoms with Gasteiger partial charge < -0.3 is 18.1 Å². The van der Waals surface area contributed by atoms with Crippen LogP contribution in [0.2, 0.25) is 0 Å². The molecule has 1 rings (SSSR count). The zero-order valence-electron chi connectivity index (χ0n) is 17.5. The fraction of sp³-hybridized carbons (Fsp3) is 1.00. The van der Waals surface area contributed by atoms with Crippen LogP contribution in [0.1, 0.15) is 61.3 Å². The van der Waals surface area contributed by atoms with Crippen molar-refractivity contribution in [2.45, 2.75) is 72.6 Å². The minimum atomic E-state index is -3.30. The lowest BCUT2D eigenvalue weighted by Gasteiger charge is -2.45. The van der Waals surface area contributed by atoms with Crippen molar-refractivity contribution in [3.8, 4) is 0 Å². The van der Waals surface area contributed by atoms with Gasteiger partial charge in [0.15, 0.2) is 0 Å². The van der Waals surface area contributed by atoms with E-state index in [0.29, 0.717) is 32.3 Å². The summed E-state index contributed by atoms with van der Waals surface area (Å²) < 4.78 is 49.6. The molecule has 0 aromatic carbocycles. The van der Waals surface area contributed by atoms with Crippen molar-refractivity contribution in [2.75, 3.05) is 26.4 Å². The SMILES string of the molecule is CCOP(=O)(OCC)C1CC(C(C)C)CC(P(=O)(OCC)OCC)C1C. The number of rotatable bonds is 11. The zero-order chi connectivity index (χ0) is 20.0. The molecule has 0 spiro atoms. The Morgan fingerprint density at radius 1 is 0.769 bits per heavy atom. The van der Waals surface area contributed by atoms with E-state index >= 15 is 0 Å². The highest BCUT2D eigenvalue weighted by atomic mass is 31.2. The van der Waals surface area contributed by atoms with Crippen LogP contribution >= 0.6 is 15.2 Å². The maximum atomic E-state index is 13.5. The Bertz CT molecular complexity index is 450. The molecule has 6 nitrogen and oxygen atoms in total. The summed E-state index contributed by atoms with van der Waals surface area (Å²) in [5.41, 5.74) is -0.606.